The number of aliphatic imine (C=N–C) groups is 1. The third kappa shape index (κ3) is 6.21. The van der Waals surface area contributed by atoms with Gasteiger partial charge in [-0.3, -0.25) is 4.99 Å². The number of anilines is 1. The molecule has 0 aliphatic carbocycles. The fourth-order valence-electron chi connectivity index (χ4n) is 3.83. The second kappa shape index (κ2) is 11.4. The molecule has 0 amide bonds. The molecule has 2 N–H and O–H groups in total. The molecule has 0 unspecified atom stereocenters. The van der Waals surface area contributed by atoms with Crippen LogP contribution in [-0.4, -0.2) is 54.0 Å². The first-order chi connectivity index (χ1) is 14.3. The topological polar surface area (TPSA) is 70.4 Å². The van der Waals surface area contributed by atoms with Gasteiger partial charge in [0, 0.05) is 58.3 Å². The van der Waals surface area contributed by atoms with Crippen molar-refractivity contribution in [1.82, 2.24) is 25.4 Å². The zero-order valence-corrected chi connectivity index (χ0v) is 17.9. The van der Waals surface area contributed by atoms with Gasteiger partial charge in [-0.25, -0.2) is 0 Å². The number of aryl methyl sites for hydroxylation is 1. The van der Waals surface area contributed by atoms with Crippen LogP contribution in [0.15, 0.2) is 35.3 Å². The highest BCUT2D eigenvalue weighted by Gasteiger charge is 2.14. The number of nitrogens with zero attached hydrogens (tertiary/aromatic N) is 5. The summed E-state index contributed by atoms with van der Waals surface area (Å²) in [6, 6.07) is 10.6. The monoisotopic (exact) mass is 397 g/mol. The highest BCUT2D eigenvalue weighted by molar-refractivity contribution is 5.79. The first kappa shape index (κ1) is 21.1. The maximum atomic E-state index is 4.40. The fourth-order valence-corrected chi connectivity index (χ4v) is 3.83. The summed E-state index contributed by atoms with van der Waals surface area (Å²) in [6.07, 6.45) is 6.73. The Morgan fingerprint density at radius 1 is 1.10 bits per heavy atom. The second-order valence-electron chi connectivity index (χ2n) is 7.44. The Labute approximate surface area is 174 Å². The van der Waals surface area contributed by atoms with Crippen molar-refractivity contribution < 1.29 is 0 Å². The zero-order chi connectivity index (χ0) is 20.3. The van der Waals surface area contributed by atoms with Gasteiger partial charge in [-0.15, -0.1) is 10.2 Å². The molecule has 29 heavy (non-hydrogen) atoms. The SMILES string of the molecule is CCN(CCCNC(=NC)NCCc1nnc2n1CCCCC2)c1ccccc1. The van der Waals surface area contributed by atoms with Gasteiger partial charge in [-0.2, -0.15) is 0 Å². The summed E-state index contributed by atoms with van der Waals surface area (Å²) in [5.41, 5.74) is 1.28. The molecule has 0 bridgehead atoms. The molecule has 0 radical (unpaired) electrons. The van der Waals surface area contributed by atoms with Crippen LogP contribution in [0, 0.1) is 0 Å². The minimum Gasteiger partial charge on any atom is -0.372 e. The number of nitrogens with one attached hydrogen (secondary N) is 2. The van der Waals surface area contributed by atoms with E-state index in [0.717, 1.165) is 69.6 Å². The predicted molar refractivity (Wildman–Crippen MR) is 120 cm³/mol. The van der Waals surface area contributed by atoms with Crippen LogP contribution in [0.4, 0.5) is 5.69 Å². The molecule has 0 saturated carbocycles. The van der Waals surface area contributed by atoms with Gasteiger partial charge in [0.2, 0.25) is 0 Å². The largest absolute Gasteiger partial charge is 0.372 e. The molecule has 0 atom stereocenters. The van der Waals surface area contributed by atoms with Gasteiger partial charge in [0.25, 0.3) is 0 Å². The Bertz CT molecular complexity index is 754. The molecule has 1 aliphatic rings. The molecule has 158 valence electrons. The molecule has 1 aromatic heterocycles. The smallest absolute Gasteiger partial charge is 0.190 e. The quantitative estimate of drug-likeness (QED) is 0.387. The number of fused-ring (bicyclic) bond motifs is 1. The molecule has 0 spiro atoms. The van der Waals surface area contributed by atoms with Gasteiger partial charge in [-0.1, -0.05) is 24.6 Å². The van der Waals surface area contributed by atoms with E-state index in [4.69, 9.17) is 0 Å². The lowest BCUT2D eigenvalue weighted by molar-refractivity contribution is 0.600. The predicted octanol–water partition coefficient (Wildman–Crippen LogP) is 2.63. The molecule has 0 saturated heterocycles. The molecule has 2 heterocycles. The molecule has 1 aliphatic heterocycles. The summed E-state index contributed by atoms with van der Waals surface area (Å²) in [7, 11) is 1.82. The Morgan fingerprint density at radius 2 is 1.93 bits per heavy atom. The van der Waals surface area contributed by atoms with Gasteiger partial charge in [0.05, 0.1) is 0 Å². The van der Waals surface area contributed by atoms with Crippen LogP contribution in [0.5, 0.6) is 0 Å². The van der Waals surface area contributed by atoms with Crippen molar-refractivity contribution in [2.24, 2.45) is 4.99 Å². The summed E-state index contributed by atoms with van der Waals surface area (Å²) in [6.45, 7) is 6.99. The minimum absolute atomic E-state index is 0.808. The number of guanidine groups is 1. The molecule has 7 nitrogen and oxygen atoms in total. The number of para-hydroxylation sites is 1. The van der Waals surface area contributed by atoms with Gasteiger partial charge in [0.15, 0.2) is 5.96 Å². The summed E-state index contributed by atoms with van der Waals surface area (Å²) < 4.78 is 2.31. The number of hydrogen-bond donors (Lipinski definition) is 2. The molecular weight excluding hydrogens is 362 g/mol. The normalized spacial score (nSPS) is 14.2. The number of benzene rings is 1. The van der Waals surface area contributed by atoms with Crippen molar-refractivity contribution >= 4 is 11.6 Å². The Hall–Kier alpha value is -2.57. The van der Waals surface area contributed by atoms with Crippen molar-refractivity contribution in [2.45, 2.75) is 52.0 Å². The molecule has 2 aromatic rings. The summed E-state index contributed by atoms with van der Waals surface area (Å²) in [5, 5.41) is 15.6. The van der Waals surface area contributed by atoms with E-state index in [1.165, 1.54) is 24.9 Å². The fraction of sp³-hybridized carbons (Fsp3) is 0.591. The average Bonchev–Trinajstić information content (AvgIpc) is 2.99. The summed E-state index contributed by atoms with van der Waals surface area (Å²) in [4.78, 5) is 6.74. The van der Waals surface area contributed by atoms with Crippen LogP contribution >= 0.6 is 0 Å². The first-order valence-electron chi connectivity index (χ1n) is 11.0. The third-order valence-corrected chi connectivity index (χ3v) is 5.45. The van der Waals surface area contributed by atoms with Crippen LogP contribution < -0.4 is 15.5 Å². The minimum atomic E-state index is 0.808. The van der Waals surface area contributed by atoms with E-state index in [-0.39, 0.29) is 0 Å². The lowest BCUT2D eigenvalue weighted by Gasteiger charge is -2.23. The summed E-state index contributed by atoms with van der Waals surface area (Å²) in [5.74, 6) is 3.09. The van der Waals surface area contributed by atoms with Crippen molar-refractivity contribution in [3.63, 3.8) is 0 Å². The van der Waals surface area contributed by atoms with E-state index >= 15 is 0 Å². The molecular formula is C22H35N7. The van der Waals surface area contributed by atoms with Gasteiger partial charge < -0.3 is 20.1 Å². The lowest BCUT2D eigenvalue weighted by Crippen LogP contribution is -2.39. The van der Waals surface area contributed by atoms with E-state index in [9.17, 15) is 0 Å². The summed E-state index contributed by atoms with van der Waals surface area (Å²) >= 11 is 0. The van der Waals surface area contributed by atoms with Crippen LogP contribution in [0.3, 0.4) is 0 Å². The average molecular weight is 398 g/mol. The van der Waals surface area contributed by atoms with Crippen LogP contribution in [-0.2, 0) is 19.4 Å². The van der Waals surface area contributed by atoms with Crippen LogP contribution in [0.25, 0.3) is 0 Å². The molecule has 0 fully saturated rings. The van der Waals surface area contributed by atoms with Gasteiger partial charge in [-0.05, 0) is 38.3 Å². The van der Waals surface area contributed by atoms with Crippen LogP contribution in [0.1, 0.15) is 44.3 Å². The van der Waals surface area contributed by atoms with Crippen molar-refractivity contribution in [3.8, 4) is 0 Å². The Kier molecular flexibility index (Phi) is 8.34. The molecule has 1 aromatic carbocycles. The van der Waals surface area contributed by atoms with E-state index in [2.05, 4.69) is 72.5 Å². The Morgan fingerprint density at radius 3 is 2.72 bits per heavy atom. The number of rotatable bonds is 9. The van der Waals surface area contributed by atoms with E-state index < -0.39 is 0 Å². The first-order valence-corrected chi connectivity index (χ1v) is 11.0. The third-order valence-electron chi connectivity index (χ3n) is 5.45. The van der Waals surface area contributed by atoms with Crippen LogP contribution in [0.2, 0.25) is 0 Å². The van der Waals surface area contributed by atoms with E-state index in [0.29, 0.717) is 0 Å². The van der Waals surface area contributed by atoms with Gasteiger partial charge >= 0.3 is 0 Å². The molecule has 7 heteroatoms. The Balaban J connectivity index is 1.37. The maximum Gasteiger partial charge on any atom is 0.190 e. The number of aromatic nitrogens is 3. The zero-order valence-electron chi connectivity index (χ0n) is 17.9. The van der Waals surface area contributed by atoms with Gasteiger partial charge in [0.1, 0.15) is 11.6 Å². The standard InChI is InChI=1S/C22H35N7/c1-3-28(19-11-6-4-7-12-19)17-10-15-24-22(23-2)25-16-14-21-27-26-20-13-8-5-9-18-29(20)21/h4,6-7,11-12H,3,5,8-10,13-18H2,1-2H3,(H2,23,24,25). The lowest BCUT2D eigenvalue weighted by atomic mass is 10.2. The van der Waals surface area contributed by atoms with E-state index in [1.54, 1.807) is 0 Å². The molecule has 3 rings (SSSR count). The highest BCUT2D eigenvalue weighted by atomic mass is 15.3. The number of hydrogen-bond acceptors (Lipinski definition) is 4. The van der Waals surface area contributed by atoms with E-state index in [1.807, 2.05) is 7.05 Å². The highest BCUT2D eigenvalue weighted by Crippen LogP contribution is 2.14. The van der Waals surface area contributed by atoms with Crippen molar-refractivity contribution in [1.29, 1.82) is 0 Å². The van der Waals surface area contributed by atoms with Crippen molar-refractivity contribution in [3.05, 3.63) is 42.0 Å². The van der Waals surface area contributed by atoms with Crippen molar-refractivity contribution in [2.75, 3.05) is 38.1 Å². The maximum absolute atomic E-state index is 4.40. The second-order valence-corrected chi connectivity index (χ2v) is 7.44.